The predicted molar refractivity (Wildman–Crippen MR) is 92.8 cm³/mol. The van der Waals surface area contributed by atoms with Gasteiger partial charge in [0.05, 0.1) is 11.9 Å². The van der Waals surface area contributed by atoms with Crippen molar-refractivity contribution in [1.29, 1.82) is 0 Å². The zero-order chi connectivity index (χ0) is 18.6. The van der Waals surface area contributed by atoms with Gasteiger partial charge in [0.25, 0.3) is 0 Å². The van der Waals surface area contributed by atoms with Crippen molar-refractivity contribution in [2.24, 2.45) is 0 Å². The molecular formula is C17H18F2N2O3S. The van der Waals surface area contributed by atoms with E-state index in [2.05, 4.69) is 5.32 Å². The van der Waals surface area contributed by atoms with Gasteiger partial charge in [0.1, 0.15) is 17.7 Å². The van der Waals surface area contributed by atoms with E-state index >= 15 is 0 Å². The molecule has 0 aliphatic carbocycles. The molecule has 0 saturated carbocycles. The second kappa shape index (κ2) is 7.60. The number of anilines is 2. The number of benzene rings is 2. The van der Waals surface area contributed by atoms with Crippen molar-refractivity contribution >= 4 is 27.3 Å². The summed E-state index contributed by atoms with van der Waals surface area (Å²) in [6, 6.07) is 9.03. The van der Waals surface area contributed by atoms with Crippen LogP contribution in [0.2, 0.25) is 0 Å². The lowest BCUT2D eigenvalue weighted by atomic mass is 10.1. The van der Waals surface area contributed by atoms with Crippen LogP contribution in [-0.2, 0) is 14.8 Å². The number of sulfonamides is 1. The van der Waals surface area contributed by atoms with Crippen LogP contribution in [0.3, 0.4) is 0 Å². The number of rotatable bonds is 6. The molecule has 2 rings (SSSR count). The lowest BCUT2D eigenvalue weighted by Gasteiger charge is -2.30. The molecule has 0 bridgehead atoms. The van der Waals surface area contributed by atoms with Crippen molar-refractivity contribution in [2.45, 2.75) is 19.4 Å². The largest absolute Gasteiger partial charge is 0.324 e. The molecule has 0 aromatic heterocycles. The van der Waals surface area contributed by atoms with Crippen molar-refractivity contribution in [3.8, 4) is 0 Å². The molecule has 0 radical (unpaired) electrons. The molecule has 0 saturated heterocycles. The average Bonchev–Trinajstić information content (AvgIpc) is 2.52. The van der Waals surface area contributed by atoms with E-state index < -0.39 is 33.6 Å². The average molecular weight is 368 g/mol. The number of nitrogens with zero attached hydrogens (tertiary/aromatic N) is 1. The fraction of sp³-hybridized carbons (Fsp3) is 0.235. The molecule has 2 aromatic rings. The van der Waals surface area contributed by atoms with Crippen LogP contribution in [0.5, 0.6) is 0 Å². The summed E-state index contributed by atoms with van der Waals surface area (Å²) in [5, 5.41) is 2.51. The Hall–Kier alpha value is -2.48. The third kappa shape index (κ3) is 4.76. The normalized spacial score (nSPS) is 12.5. The van der Waals surface area contributed by atoms with E-state index in [1.54, 1.807) is 6.92 Å². The van der Waals surface area contributed by atoms with Gasteiger partial charge in [-0.2, -0.15) is 0 Å². The summed E-state index contributed by atoms with van der Waals surface area (Å²) in [5.41, 5.74) is 0.390. The van der Waals surface area contributed by atoms with Gasteiger partial charge in [-0.05, 0) is 48.9 Å². The first kappa shape index (κ1) is 18.9. The molecule has 5 nitrogen and oxygen atoms in total. The maximum absolute atomic E-state index is 13.3. The Kier molecular flexibility index (Phi) is 5.73. The number of carbonyl (C=O) groups excluding carboxylic acids is 1. The van der Waals surface area contributed by atoms with Crippen molar-refractivity contribution in [3.05, 3.63) is 60.2 Å². The Balaban J connectivity index is 2.36. The molecule has 25 heavy (non-hydrogen) atoms. The van der Waals surface area contributed by atoms with E-state index in [9.17, 15) is 22.0 Å². The van der Waals surface area contributed by atoms with Crippen LogP contribution < -0.4 is 9.62 Å². The SMILES string of the molecule is CC[C@H](C(=O)Nc1cccc(F)c1)N(c1ccc(F)cc1)S(C)(=O)=O. The van der Waals surface area contributed by atoms with Crippen LogP contribution in [0.4, 0.5) is 20.2 Å². The Bertz CT molecular complexity index is 854. The first-order chi connectivity index (χ1) is 11.7. The van der Waals surface area contributed by atoms with Crippen LogP contribution in [0, 0.1) is 11.6 Å². The topological polar surface area (TPSA) is 66.5 Å². The molecule has 1 N–H and O–H groups in total. The third-order valence-electron chi connectivity index (χ3n) is 3.50. The highest BCUT2D eigenvalue weighted by molar-refractivity contribution is 7.92. The fourth-order valence-corrected chi connectivity index (χ4v) is 3.65. The van der Waals surface area contributed by atoms with Gasteiger partial charge in [-0.1, -0.05) is 13.0 Å². The minimum absolute atomic E-state index is 0.171. The lowest BCUT2D eigenvalue weighted by molar-refractivity contribution is -0.117. The predicted octanol–water partition coefficient (Wildman–Crippen LogP) is 3.15. The maximum atomic E-state index is 13.3. The first-order valence-electron chi connectivity index (χ1n) is 7.53. The number of halogens is 2. The van der Waals surface area contributed by atoms with Crippen LogP contribution in [0.1, 0.15) is 13.3 Å². The van der Waals surface area contributed by atoms with Gasteiger partial charge in [-0.15, -0.1) is 0 Å². The molecule has 1 amide bonds. The highest BCUT2D eigenvalue weighted by Crippen LogP contribution is 2.23. The quantitative estimate of drug-likeness (QED) is 0.852. The summed E-state index contributed by atoms with van der Waals surface area (Å²) in [4.78, 5) is 12.6. The van der Waals surface area contributed by atoms with Gasteiger partial charge in [-0.25, -0.2) is 17.2 Å². The summed E-state index contributed by atoms with van der Waals surface area (Å²) in [7, 11) is -3.81. The zero-order valence-corrected chi connectivity index (χ0v) is 14.6. The highest BCUT2D eigenvalue weighted by atomic mass is 32.2. The monoisotopic (exact) mass is 368 g/mol. The van der Waals surface area contributed by atoms with Gasteiger partial charge in [0, 0.05) is 5.69 Å². The molecule has 0 aliphatic heterocycles. The molecule has 0 unspecified atom stereocenters. The Morgan fingerprint density at radius 1 is 1.12 bits per heavy atom. The molecule has 0 spiro atoms. The lowest BCUT2D eigenvalue weighted by Crippen LogP contribution is -2.47. The Morgan fingerprint density at radius 2 is 1.76 bits per heavy atom. The van der Waals surface area contributed by atoms with Crippen molar-refractivity contribution in [3.63, 3.8) is 0 Å². The number of nitrogens with one attached hydrogen (secondary N) is 1. The van der Waals surface area contributed by atoms with Crippen molar-refractivity contribution in [1.82, 2.24) is 0 Å². The Labute approximate surface area is 145 Å². The van der Waals surface area contributed by atoms with Gasteiger partial charge in [0.2, 0.25) is 15.9 Å². The summed E-state index contributed by atoms with van der Waals surface area (Å²) in [6.45, 7) is 1.65. The summed E-state index contributed by atoms with van der Waals surface area (Å²) in [6.07, 6.45) is 1.14. The number of carbonyl (C=O) groups is 1. The molecule has 0 aliphatic rings. The van der Waals surface area contributed by atoms with Crippen LogP contribution in [0.25, 0.3) is 0 Å². The van der Waals surface area contributed by atoms with E-state index in [1.807, 2.05) is 0 Å². The van der Waals surface area contributed by atoms with Crippen LogP contribution in [0.15, 0.2) is 48.5 Å². The molecule has 0 heterocycles. The molecule has 1 atom stereocenters. The second-order valence-corrected chi connectivity index (χ2v) is 7.32. The first-order valence-corrected chi connectivity index (χ1v) is 9.38. The number of amides is 1. The van der Waals surface area contributed by atoms with Gasteiger partial charge < -0.3 is 5.32 Å². The van der Waals surface area contributed by atoms with E-state index in [-0.39, 0.29) is 17.8 Å². The minimum Gasteiger partial charge on any atom is -0.324 e. The Morgan fingerprint density at radius 3 is 2.28 bits per heavy atom. The second-order valence-electron chi connectivity index (χ2n) is 5.46. The van der Waals surface area contributed by atoms with E-state index in [0.717, 1.165) is 28.8 Å². The summed E-state index contributed by atoms with van der Waals surface area (Å²) in [5.74, 6) is -1.65. The standard InChI is InChI=1S/C17H18F2N2O3S/c1-3-16(17(22)20-14-6-4-5-13(19)11-14)21(25(2,23)24)15-9-7-12(18)8-10-15/h4-11,16H,3H2,1-2H3,(H,20,22)/t16-/m1/s1. The summed E-state index contributed by atoms with van der Waals surface area (Å²) >= 11 is 0. The highest BCUT2D eigenvalue weighted by Gasteiger charge is 2.31. The smallest absolute Gasteiger partial charge is 0.248 e. The van der Waals surface area contributed by atoms with Crippen LogP contribution >= 0.6 is 0 Å². The maximum Gasteiger partial charge on any atom is 0.248 e. The summed E-state index contributed by atoms with van der Waals surface area (Å²) < 4.78 is 51.8. The van der Waals surface area contributed by atoms with E-state index in [0.29, 0.717) is 0 Å². The molecule has 8 heteroatoms. The number of hydrogen-bond donors (Lipinski definition) is 1. The van der Waals surface area contributed by atoms with Crippen molar-refractivity contribution < 1.29 is 22.0 Å². The van der Waals surface area contributed by atoms with E-state index in [1.165, 1.54) is 30.3 Å². The van der Waals surface area contributed by atoms with Gasteiger partial charge >= 0.3 is 0 Å². The van der Waals surface area contributed by atoms with E-state index in [4.69, 9.17) is 0 Å². The zero-order valence-electron chi connectivity index (χ0n) is 13.7. The molecule has 134 valence electrons. The molecule has 2 aromatic carbocycles. The van der Waals surface area contributed by atoms with Gasteiger partial charge in [0.15, 0.2) is 0 Å². The van der Waals surface area contributed by atoms with Crippen LogP contribution in [-0.4, -0.2) is 26.6 Å². The fourth-order valence-electron chi connectivity index (χ4n) is 2.44. The third-order valence-corrected chi connectivity index (χ3v) is 4.68. The molecular weight excluding hydrogens is 350 g/mol. The molecule has 0 fully saturated rings. The van der Waals surface area contributed by atoms with Crippen molar-refractivity contribution in [2.75, 3.05) is 15.9 Å². The minimum atomic E-state index is -3.81. The van der Waals surface area contributed by atoms with Gasteiger partial charge in [-0.3, -0.25) is 9.10 Å². The number of hydrogen-bond acceptors (Lipinski definition) is 3.